The Labute approximate surface area is 354 Å². The molecular weight excluding hydrogens is 735 g/mol. The van der Waals surface area contributed by atoms with E-state index in [1.807, 2.05) is 51.6 Å². The predicted molar refractivity (Wildman–Crippen MR) is 236 cm³/mol. The van der Waals surface area contributed by atoms with Crippen molar-refractivity contribution in [3.05, 3.63) is 0 Å². The van der Waals surface area contributed by atoms with Crippen LogP contribution >= 0.6 is 0 Å². The molecule has 0 bridgehead atoms. The number of hydrogen-bond donors (Lipinski definition) is 2. The molecular formula is C45H87N7O6. The Bertz CT molecular complexity index is 1190. The topological polar surface area (TPSA) is 143 Å². The van der Waals surface area contributed by atoms with Crippen molar-refractivity contribution in [3.8, 4) is 0 Å². The minimum atomic E-state index is -0.411. The van der Waals surface area contributed by atoms with Crippen LogP contribution in [0.2, 0.25) is 0 Å². The van der Waals surface area contributed by atoms with Crippen LogP contribution in [0.25, 0.3) is 0 Å². The van der Waals surface area contributed by atoms with Gasteiger partial charge in [0.25, 0.3) is 0 Å². The van der Waals surface area contributed by atoms with E-state index < -0.39 is 5.92 Å². The largest absolute Gasteiger partial charge is 0.356 e. The number of ketones is 1. The van der Waals surface area contributed by atoms with Gasteiger partial charge in [0.15, 0.2) is 0 Å². The molecule has 0 radical (unpaired) electrons. The Balaban J connectivity index is 5.40. The van der Waals surface area contributed by atoms with Crippen LogP contribution in [0.1, 0.15) is 151 Å². The minimum Gasteiger partial charge on any atom is -0.356 e. The number of amides is 5. The summed E-state index contributed by atoms with van der Waals surface area (Å²) in [5, 5.41) is 6.21. The summed E-state index contributed by atoms with van der Waals surface area (Å²) in [6.07, 6.45) is 10.1. The molecule has 0 aliphatic heterocycles. The van der Waals surface area contributed by atoms with Crippen LogP contribution in [-0.4, -0.2) is 153 Å². The van der Waals surface area contributed by atoms with Crippen LogP contribution in [0.4, 0.5) is 0 Å². The number of unbranched alkanes of at least 4 members (excludes halogenated alkanes) is 3. The van der Waals surface area contributed by atoms with E-state index in [9.17, 15) is 28.8 Å². The van der Waals surface area contributed by atoms with Gasteiger partial charge in [0.1, 0.15) is 5.78 Å². The van der Waals surface area contributed by atoms with Gasteiger partial charge in [-0.05, 0) is 98.1 Å². The maximum atomic E-state index is 13.8. The van der Waals surface area contributed by atoms with E-state index in [4.69, 9.17) is 0 Å². The van der Waals surface area contributed by atoms with Crippen molar-refractivity contribution in [1.82, 2.24) is 35.1 Å². The zero-order valence-corrected chi connectivity index (χ0v) is 39.0. The summed E-state index contributed by atoms with van der Waals surface area (Å²) in [6.45, 7) is 19.2. The van der Waals surface area contributed by atoms with Crippen LogP contribution in [-0.2, 0) is 28.8 Å². The SMILES string of the molecule is CCC(=O)NCCCN(CCCCN(CCCN(CCC(=O)CC(CCCCN(C)C)C(=O)NC(CCCCN(C)C)C(C)(C)C)C(=O)CC)C(=O)CC)C(=O)CC. The first-order valence-corrected chi connectivity index (χ1v) is 22.6. The highest BCUT2D eigenvalue weighted by molar-refractivity contribution is 5.87. The number of carbonyl (C=O) groups is 6. The molecule has 0 aromatic rings. The van der Waals surface area contributed by atoms with Crippen molar-refractivity contribution in [3.63, 3.8) is 0 Å². The monoisotopic (exact) mass is 822 g/mol. The number of Topliss-reactive ketones (excluding diaryl/α,β-unsaturated/α-hetero) is 1. The third-order valence-electron chi connectivity index (χ3n) is 10.8. The minimum absolute atomic E-state index is 0.00282. The van der Waals surface area contributed by atoms with Crippen LogP contribution in [0.5, 0.6) is 0 Å². The fourth-order valence-corrected chi connectivity index (χ4v) is 7.00. The van der Waals surface area contributed by atoms with Gasteiger partial charge in [-0.15, -0.1) is 0 Å². The summed E-state index contributed by atoms with van der Waals surface area (Å²) in [4.78, 5) is 87.1. The number of hydrogen-bond acceptors (Lipinski definition) is 8. The molecule has 0 aromatic heterocycles. The van der Waals surface area contributed by atoms with Crippen molar-refractivity contribution in [2.24, 2.45) is 11.3 Å². The van der Waals surface area contributed by atoms with Gasteiger partial charge in [0, 0.05) is 96.3 Å². The van der Waals surface area contributed by atoms with Gasteiger partial charge in [-0.25, -0.2) is 0 Å². The van der Waals surface area contributed by atoms with Crippen molar-refractivity contribution >= 4 is 35.3 Å². The van der Waals surface area contributed by atoms with E-state index in [0.717, 1.165) is 58.0 Å². The van der Waals surface area contributed by atoms with Crippen LogP contribution in [0.3, 0.4) is 0 Å². The van der Waals surface area contributed by atoms with Crippen molar-refractivity contribution in [2.75, 3.05) is 87.1 Å². The molecule has 0 aromatic carbocycles. The number of rotatable bonds is 34. The van der Waals surface area contributed by atoms with Gasteiger partial charge >= 0.3 is 0 Å². The Morgan fingerprint density at radius 3 is 1.40 bits per heavy atom. The smallest absolute Gasteiger partial charge is 0.223 e. The van der Waals surface area contributed by atoms with Crippen molar-refractivity contribution < 1.29 is 28.8 Å². The third-order valence-corrected chi connectivity index (χ3v) is 10.8. The van der Waals surface area contributed by atoms with E-state index in [1.54, 1.807) is 4.90 Å². The molecule has 0 saturated heterocycles. The zero-order valence-electron chi connectivity index (χ0n) is 39.0. The average molecular weight is 822 g/mol. The average Bonchev–Trinajstić information content (AvgIpc) is 3.17. The lowest BCUT2D eigenvalue weighted by Crippen LogP contribution is -2.46. The van der Waals surface area contributed by atoms with Crippen LogP contribution in [0.15, 0.2) is 0 Å². The summed E-state index contributed by atoms with van der Waals surface area (Å²) < 4.78 is 0. The molecule has 2 unspecified atom stereocenters. The standard InChI is InChI=1S/C45H87N7O6/c1-12-40(54)46-27-22-32-50(41(55)13-2)30-20-21-31-51(42(56)14-3)33-23-34-52(43(57)15-4)35-26-38(53)36-37(24-16-18-28-48(8)9)44(58)47-39(45(5,6)7)25-17-19-29-49(10)11/h37,39H,12-36H2,1-11H3,(H,46,54)(H,47,58). The maximum Gasteiger partial charge on any atom is 0.223 e. The molecule has 0 aliphatic carbocycles. The second-order valence-corrected chi connectivity index (χ2v) is 17.5. The molecule has 2 atom stereocenters. The fraction of sp³-hybridized carbons (Fsp3) is 0.867. The normalized spacial score (nSPS) is 12.6. The summed E-state index contributed by atoms with van der Waals surface area (Å²) in [5.41, 5.74) is -0.113. The first kappa shape index (κ1) is 54.9. The molecule has 0 aliphatic rings. The molecule has 338 valence electrons. The van der Waals surface area contributed by atoms with E-state index in [0.29, 0.717) is 90.8 Å². The molecule has 0 saturated carbocycles. The highest BCUT2D eigenvalue weighted by Gasteiger charge is 2.30. The maximum absolute atomic E-state index is 13.8. The Morgan fingerprint density at radius 1 is 0.517 bits per heavy atom. The number of nitrogens with zero attached hydrogens (tertiary/aromatic N) is 5. The lowest BCUT2D eigenvalue weighted by Gasteiger charge is -2.33. The summed E-state index contributed by atoms with van der Waals surface area (Å²) in [5.74, 6) is -0.365. The van der Waals surface area contributed by atoms with Gasteiger partial charge < -0.3 is 35.1 Å². The van der Waals surface area contributed by atoms with Gasteiger partial charge in [0.05, 0.1) is 0 Å². The predicted octanol–water partition coefficient (Wildman–Crippen LogP) is 5.75. The lowest BCUT2D eigenvalue weighted by atomic mass is 9.83. The summed E-state index contributed by atoms with van der Waals surface area (Å²) in [6, 6.07) is 0.00947. The molecule has 13 heteroatoms. The molecule has 0 rings (SSSR count). The Hall–Kier alpha value is -3.06. The fourth-order valence-electron chi connectivity index (χ4n) is 7.00. The van der Waals surface area contributed by atoms with Crippen molar-refractivity contribution in [2.45, 2.75) is 157 Å². The van der Waals surface area contributed by atoms with Crippen molar-refractivity contribution in [1.29, 1.82) is 0 Å². The van der Waals surface area contributed by atoms with E-state index in [1.165, 1.54) is 0 Å². The molecule has 0 fully saturated rings. The number of carbonyl (C=O) groups excluding carboxylic acids is 6. The second kappa shape index (κ2) is 31.8. The molecule has 0 spiro atoms. The first-order chi connectivity index (χ1) is 27.4. The quantitative estimate of drug-likeness (QED) is 0.0783. The first-order valence-electron chi connectivity index (χ1n) is 22.6. The van der Waals surface area contributed by atoms with Gasteiger partial charge in [0.2, 0.25) is 29.5 Å². The summed E-state index contributed by atoms with van der Waals surface area (Å²) in [7, 11) is 8.22. The second-order valence-electron chi connectivity index (χ2n) is 17.5. The van der Waals surface area contributed by atoms with Gasteiger partial charge in [-0.2, -0.15) is 0 Å². The van der Waals surface area contributed by atoms with E-state index in [2.05, 4.69) is 55.3 Å². The van der Waals surface area contributed by atoms with Crippen LogP contribution < -0.4 is 10.6 Å². The van der Waals surface area contributed by atoms with Crippen LogP contribution in [0, 0.1) is 11.3 Å². The molecule has 13 nitrogen and oxygen atoms in total. The van der Waals surface area contributed by atoms with Gasteiger partial charge in [-0.1, -0.05) is 61.3 Å². The highest BCUT2D eigenvalue weighted by atomic mass is 16.2. The third kappa shape index (κ3) is 26.1. The Morgan fingerprint density at radius 2 is 0.948 bits per heavy atom. The molecule has 58 heavy (non-hydrogen) atoms. The Kier molecular flexibility index (Phi) is 30.1. The molecule has 5 amide bonds. The summed E-state index contributed by atoms with van der Waals surface area (Å²) >= 11 is 0. The molecule has 2 N–H and O–H groups in total. The highest BCUT2D eigenvalue weighted by Crippen LogP contribution is 2.25. The van der Waals surface area contributed by atoms with Gasteiger partial charge in [-0.3, -0.25) is 28.8 Å². The molecule has 0 heterocycles. The van der Waals surface area contributed by atoms with E-state index >= 15 is 0 Å². The lowest BCUT2D eigenvalue weighted by molar-refractivity contribution is -0.134. The number of nitrogens with one attached hydrogen (secondary N) is 2. The van der Waals surface area contributed by atoms with E-state index in [-0.39, 0.29) is 59.6 Å². The zero-order chi connectivity index (χ0) is 44.1.